The largest absolute Gasteiger partial charge is 0.466 e. The molecule has 0 amide bonds. The number of ether oxygens (including phenoxy) is 1. The van der Waals surface area contributed by atoms with Crippen LogP contribution < -0.4 is 0 Å². The van der Waals surface area contributed by atoms with Crippen LogP contribution >= 0.6 is 0 Å². The second kappa shape index (κ2) is 4.95. The van der Waals surface area contributed by atoms with Crippen LogP contribution in [-0.2, 0) is 14.3 Å². The molecule has 0 heterocycles. The van der Waals surface area contributed by atoms with Crippen LogP contribution in [0, 0.1) is 11.3 Å². The molecule has 3 nitrogen and oxygen atoms in total. The van der Waals surface area contributed by atoms with E-state index < -0.39 is 0 Å². The predicted octanol–water partition coefficient (Wildman–Crippen LogP) is 3.20. The molecule has 0 aromatic heterocycles. The number of hydrogen-bond acceptors (Lipinski definition) is 3. The van der Waals surface area contributed by atoms with E-state index in [0.717, 1.165) is 31.3 Å². The van der Waals surface area contributed by atoms with Gasteiger partial charge in [0.2, 0.25) is 0 Å². The summed E-state index contributed by atoms with van der Waals surface area (Å²) in [5.41, 5.74) is 2.84. The molecule has 104 valence electrons. The molecule has 0 spiro atoms. The van der Waals surface area contributed by atoms with E-state index in [2.05, 4.69) is 13.5 Å². The third-order valence-electron chi connectivity index (χ3n) is 4.94. The van der Waals surface area contributed by atoms with E-state index >= 15 is 0 Å². The highest BCUT2D eigenvalue weighted by Gasteiger charge is 2.41. The number of fused-ring (bicyclic) bond motifs is 1. The second-order valence-electron chi connectivity index (χ2n) is 6.04. The molecule has 2 atom stereocenters. The van der Waals surface area contributed by atoms with Crippen molar-refractivity contribution in [1.29, 1.82) is 0 Å². The highest BCUT2D eigenvalue weighted by Crippen LogP contribution is 2.51. The number of methoxy groups -OCH3 is 1. The molecular weight excluding hydrogens is 240 g/mol. The molecule has 19 heavy (non-hydrogen) atoms. The molecule has 0 bridgehead atoms. The number of esters is 1. The van der Waals surface area contributed by atoms with Crippen molar-refractivity contribution in [3.8, 4) is 0 Å². The molecule has 0 aliphatic heterocycles. The minimum absolute atomic E-state index is 0.122. The quantitative estimate of drug-likeness (QED) is 0.567. The lowest BCUT2D eigenvalue weighted by atomic mass is 9.60. The number of carbonyl (C=O) groups is 2. The van der Waals surface area contributed by atoms with Gasteiger partial charge in [-0.1, -0.05) is 19.1 Å². The Balaban J connectivity index is 2.26. The van der Waals surface area contributed by atoms with Crippen LogP contribution in [0.2, 0.25) is 0 Å². The van der Waals surface area contributed by atoms with Crippen LogP contribution in [0.3, 0.4) is 0 Å². The van der Waals surface area contributed by atoms with Gasteiger partial charge in [-0.05, 0) is 49.5 Å². The number of hydrogen-bond donors (Lipinski definition) is 0. The molecule has 1 fully saturated rings. The summed E-state index contributed by atoms with van der Waals surface area (Å²) in [6.45, 7) is 8.05. The number of allylic oxidation sites excluding steroid dienone is 2. The molecule has 0 aromatic rings. The first-order valence-corrected chi connectivity index (χ1v) is 6.89. The Morgan fingerprint density at radius 1 is 1.42 bits per heavy atom. The summed E-state index contributed by atoms with van der Waals surface area (Å²) in [5.74, 6) is 0.0576. The summed E-state index contributed by atoms with van der Waals surface area (Å²) < 4.78 is 4.75. The summed E-state index contributed by atoms with van der Waals surface area (Å²) in [6, 6.07) is 0. The number of rotatable bonds is 2. The smallest absolute Gasteiger partial charge is 0.333 e. The van der Waals surface area contributed by atoms with Crippen molar-refractivity contribution in [3.63, 3.8) is 0 Å². The van der Waals surface area contributed by atoms with Crippen molar-refractivity contribution in [2.75, 3.05) is 7.11 Å². The Labute approximate surface area is 114 Å². The van der Waals surface area contributed by atoms with E-state index in [4.69, 9.17) is 4.74 Å². The van der Waals surface area contributed by atoms with Crippen LogP contribution in [0.25, 0.3) is 0 Å². The van der Waals surface area contributed by atoms with Crippen molar-refractivity contribution in [3.05, 3.63) is 23.3 Å². The van der Waals surface area contributed by atoms with Crippen LogP contribution in [0.15, 0.2) is 23.3 Å². The van der Waals surface area contributed by atoms with E-state index in [1.807, 2.05) is 6.92 Å². The van der Waals surface area contributed by atoms with Gasteiger partial charge in [-0.3, -0.25) is 4.79 Å². The molecule has 0 unspecified atom stereocenters. The standard InChI is InChI=1S/C16H22O3/c1-10(15(18)19-4)12-5-7-16(3)8-6-14(17)11(2)13(16)9-12/h12H,1,5-9H2,2-4H3/t12-,16+/m1/s1. The van der Waals surface area contributed by atoms with Crippen molar-refractivity contribution in [1.82, 2.24) is 0 Å². The van der Waals surface area contributed by atoms with E-state index in [-0.39, 0.29) is 23.1 Å². The van der Waals surface area contributed by atoms with Gasteiger partial charge in [-0.15, -0.1) is 0 Å². The second-order valence-corrected chi connectivity index (χ2v) is 6.04. The van der Waals surface area contributed by atoms with E-state index in [9.17, 15) is 9.59 Å². The zero-order valence-electron chi connectivity index (χ0n) is 12.0. The fourth-order valence-electron chi connectivity index (χ4n) is 3.46. The van der Waals surface area contributed by atoms with Gasteiger partial charge < -0.3 is 4.74 Å². The monoisotopic (exact) mass is 262 g/mol. The van der Waals surface area contributed by atoms with E-state index in [1.165, 1.54) is 12.7 Å². The average Bonchev–Trinajstić information content (AvgIpc) is 2.41. The maximum absolute atomic E-state index is 11.9. The zero-order valence-corrected chi connectivity index (χ0v) is 12.0. The Morgan fingerprint density at radius 2 is 2.11 bits per heavy atom. The highest BCUT2D eigenvalue weighted by molar-refractivity contribution is 5.97. The summed E-state index contributed by atoms with van der Waals surface area (Å²) in [5, 5.41) is 0. The maximum atomic E-state index is 11.9. The van der Waals surface area contributed by atoms with Gasteiger partial charge in [0.05, 0.1) is 7.11 Å². The molecule has 2 rings (SSSR count). The number of carbonyl (C=O) groups excluding carboxylic acids is 2. The van der Waals surface area contributed by atoms with Crippen molar-refractivity contribution in [2.24, 2.45) is 11.3 Å². The lowest BCUT2D eigenvalue weighted by Gasteiger charge is -2.43. The Hall–Kier alpha value is -1.38. The third kappa shape index (κ3) is 2.38. The Bertz CT molecular complexity index is 472. The summed E-state index contributed by atoms with van der Waals surface area (Å²) in [7, 11) is 1.38. The molecule has 0 aromatic carbocycles. The molecule has 2 aliphatic carbocycles. The molecule has 0 saturated heterocycles. The Kier molecular flexibility index (Phi) is 3.66. The third-order valence-corrected chi connectivity index (χ3v) is 4.94. The van der Waals surface area contributed by atoms with Gasteiger partial charge in [0, 0.05) is 12.0 Å². The van der Waals surface area contributed by atoms with Gasteiger partial charge in [0.25, 0.3) is 0 Å². The lowest BCUT2D eigenvalue weighted by molar-refractivity contribution is -0.136. The lowest BCUT2D eigenvalue weighted by Crippen LogP contribution is -2.34. The van der Waals surface area contributed by atoms with Gasteiger partial charge in [0.1, 0.15) is 0 Å². The first-order chi connectivity index (χ1) is 8.89. The molecule has 3 heteroatoms. The topological polar surface area (TPSA) is 43.4 Å². The minimum atomic E-state index is -0.325. The highest BCUT2D eigenvalue weighted by atomic mass is 16.5. The maximum Gasteiger partial charge on any atom is 0.333 e. The van der Waals surface area contributed by atoms with E-state index in [0.29, 0.717) is 12.0 Å². The predicted molar refractivity (Wildman–Crippen MR) is 73.5 cm³/mol. The summed E-state index contributed by atoms with van der Waals surface area (Å²) >= 11 is 0. The fraction of sp³-hybridized carbons (Fsp3) is 0.625. The zero-order chi connectivity index (χ0) is 14.2. The van der Waals surface area contributed by atoms with Gasteiger partial charge in [0.15, 0.2) is 5.78 Å². The summed E-state index contributed by atoms with van der Waals surface area (Å²) in [4.78, 5) is 23.5. The van der Waals surface area contributed by atoms with Crippen LogP contribution in [-0.4, -0.2) is 18.9 Å². The van der Waals surface area contributed by atoms with Gasteiger partial charge in [-0.2, -0.15) is 0 Å². The molecule has 0 N–H and O–H groups in total. The van der Waals surface area contributed by atoms with Crippen LogP contribution in [0.5, 0.6) is 0 Å². The Morgan fingerprint density at radius 3 is 2.74 bits per heavy atom. The molecule has 2 aliphatic rings. The summed E-state index contributed by atoms with van der Waals surface area (Å²) in [6.07, 6.45) is 4.36. The fourth-order valence-corrected chi connectivity index (χ4v) is 3.46. The van der Waals surface area contributed by atoms with Crippen molar-refractivity contribution in [2.45, 2.75) is 46.0 Å². The van der Waals surface area contributed by atoms with Crippen molar-refractivity contribution >= 4 is 11.8 Å². The van der Waals surface area contributed by atoms with Crippen LogP contribution in [0.4, 0.5) is 0 Å². The first-order valence-electron chi connectivity index (χ1n) is 6.89. The normalized spacial score (nSPS) is 30.9. The number of Topliss-reactive ketones (excluding diaryl/α,β-unsaturated/α-hetero) is 1. The average molecular weight is 262 g/mol. The number of ketones is 1. The molecule has 0 radical (unpaired) electrons. The SMILES string of the molecule is C=C(C(=O)OC)[C@@H]1CC[C@@]2(C)CCC(=O)C(C)=C2C1. The van der Waals surface area contributed by atoms with Gasteiger partial charge >= 0.3 is 5.97 Å². The van der Waals surface area contributed by atoms with Crippen molar-refractivity contribution < 1.29 is 14.3 Å². The van der Waals surface area contributed by atoms with Gasteiger partial charge in [-0.25, -0.2) is 4.79 Å². The van der Waals surface area contributed by atoms with Crippen LogP contribution in [0.1, 0.15) is 46.0 Å². The first kappa shape index (κ1) is 14.0. The molecular formula is C16H22O3. The minimum Gasteiger partial charge on any atom is -0.466 e. The molecule has 1 saturated carbocycles. The van der Waals surface area contributed by atoms with E-state index in [1.54, 1.807) is 0 Å².